The average molecular weight is 868 g/mol. The molecule has 0 radical (unpaired) electrons. The maximum Gasteiger partial charge on any atom is 0.301 e. The summed E-state index contributed by atoms with van der Waals surface area (Å²) < 4.78 is 58.7. The number of aromatic nitrogens is 3. The molecule has 0 aliphatic carbocycles. The molecular weight excluding hydrogens is 821 g/mol. The quantitative estimate of drug-likeness (QED) is 0.117. The highest BCUT2D eigenvalue weighted by atomic mass is 32.2. The number of halogens is 2. The molecule has 3 aliphatic rings. The van der Waals surface area contributed by atoms with Crippen LogP contribution in [0.5, 0.6) is 0 Å². The molecule has 6 heterocycles. The number of carbonyl (C=O) groups is 4. The standard InChI is InChI=1S/C44H47F2N9O6S/c1-3-52(2)62(60,61)51-36-11-10-35(45)40(41(36)46)42(58)34-25-49-43-33(34)22-31(24-48-43)30-8-12-37(47-23-30)54-18-20-55(21-19-54)39(57)26-53-16-14-28(15-17-53)27-4-6-29(7-5-27)32-9-13-38(56)50-44(32)59/h4-8,10-12,22-25,28,32,51H,3,9,13-21,26H2,1-2H3,(H,48,49)(H,50,56,59). The zero-order valence-electron chi connectivity index (χ0n) is 34.4. The molecule has 324 valence electrons. The van der Waals surface area contributed by atoms with Crippen LogP contribution in [0.3, 0.4) is 0 Å². The third-order valence-electron chi connectivity index (χ3n) is 12.2. The van der Waals surface area contributed by atoms with Crippen LogP contribution in [0.25, 0.3) is 22.2 Å². The summed E-state index contributed by atoms with van der Waals surface area (Å²) in [6.07, 6.45) is 7.35. The Labute approximate surface area is 357 Å². The number of piperazine rings is 1. The van der Waals surface area contributed by atoms with Crippen LogP contribution in [0.1, 0.15) is 71.5 Å². The molecule has 3 N–H and O–H groups in total. The van der Waals surface area contributed by atoms with E-state index in [0.29, 0.717) is 73.6 Å². The molecule has 0 bridgehead atoms. The Morgan fingerprint density at radius 2 is 1.60 bits per heavy atom. The second-order valence-corrected chi connectivity index (χ2v) is 17.7. The Kier molecular flexibility index (Phi) is 12.2. The van der Waals surface area contributed by atoms with Crippen molar-refractivity contribution >= 4 is 56.3 Å². The van der Waals surface area contributed by atoms with Crippen LogP contribution in [0.15, 0.2) is 73.2 Å². The first-order chi connectivity index (χ1) is 29.8. The monoisotopic (exact) mass is 867 g/mol. The van der Waals surface area contributed by atoms with Crippen molar-refractivity contribution in [2.75, 3.05) is 69.0 Å². The average Bonchev–Trinajstić information content (AvgIpc) is 3.71. The number of piperidine rings is 2. The van der Waals surface area contributed by atoms with Gasteiger partial charge in [0.25, 0.3) is 0 Å². The van der Waals surface area contributed by atoms with E-state index in [1.54, 1.807) is 25.4 Å². The highest BCUT2D eigenvalue weighted by Crippen LogP contribution is 2.33. The Bertz CT molecular complexity index is 2630. The molecule has 3 aromatic heterocycles. The van der Waals surface area contributed by atoms with Crippen LogP contribution < -0.4 is 14.9 Å². The summed E-state index contributed by atoms with van der Waals surface area (Å²) in [5.74, 6) is -2.98. The summed E-state index contributed by atoms with van der Waals surface area (Å²) in [6.45, 7) is 6.06. The molecule has 1 unspecified atom stereocenters. The third-order valence-corrected chi connectivity index (χ3v) is 13.8. The normalized spacial score (nSPS) is 18.0. The summed E-state index contributed by atoms with van der Waals surface area (Å²) in [6, 6.07) is 15.4. The minimum atomic E-state index is -4.15. The fourth-order valence-electron chi connectivity index (χ4n) is 8.37. The van der Waals surface area contributed by atoms with Gasteiger partial charge in [-0.15, -0.1) is 0 Å². The molecule has 0 spiro atoms. The number of amides is 3. The number of rotatable bonds is 12. The SMILES string of the molecule is CCN(C)S(=O)(=O)Nc1ccc(F)c(C(=O)c2c[nH]c3ncc(-c4ccc(N5CCN(C(=O)CN6CCC(c7ccc(C8CCC(=O)NC8=O)cc7)CC6)CC5)nc4)cc23)c1F. The number of nitrogens with zero attached hydrogens (tertiary/aromatic N) is 6. The number of ketones is 1. The van der Waals surface area contributed by atoms with Gasteiger partial charge in [0.2, 0.25) is 23.5 Å². The number of fused-ring (bicyclic) bond motifs is 1. The molecule has 3 aliphatic heterocycles. The number of H-pyrrole nitrogens is 1. The van der Waals surface area contributed by atoms with Gasteiger partial charge < -0.3 is 14.8 Å². The van der Waals surface area contributed by atoms with E-state index in [4.69, 9.17) is 0 Å². The molecule has 18 heteroatoms. The molecular formula is C44H47F2N9O6S. The van der Waals surface area contributed by atoms with E-state index < -0.39 is 38.9 Å². The zero-order valence-corrected chi connectivity index (χ0v) is 35.2. The molecule has 1 atom stereocenters. The lowest BCUT2D eigenvalue weighted by molar-refractivity contribution is -0.134. The lowest BCUT2D eigenvalue weighted by atomic mass is 9.86. The lowest BCUT2D eigenvalue weighted by Crippen LogP contribution is -2.52. The van der Waals surface area contributed by atoms with Gasteiger partial charge in [-0.2, -0.15) is 12.7 Å². The number of nitrogens with one attached hydrogen (secondary N) is 3. The summed E-state index contributed by atoms with van der Waals surface area (Å²) in [4.78, 5) is 69.0. The molecule has 0 saturated carbocycles. The second kappa shape index (κ2) is 17.7. The van der Waals surface area contributed by atoms with Gasteiger partial charge in [0.1, 0.15) is 17.3 Å². The minimum Gasteiger partial charge on any atom is -0.353 e. The van der Waals surface area contributed by atoms with E-state index in [9.17, 15) is 27.6 Å². The van der Waals surface area contributed by atoms with Crippen molar-refractivity contribution in [1.82, 2.24) is 34.4 Å². The van der Waals surface area contributed by atoms with Gasteiger partial charge in [0.15, 0.2) is 5.82 Å². The first kappa shape index (κ1) is 42.6. The summed E-state index contributed by atoms with van der Waals surface area (Å²) >= 11 is 0. The largest absolute Gasteiger partial charge is 0.353 e. The van der Waals surface area contributed by atoms with E-state index in [1.807, 2.05) is 29.2 Å². The van der Waals surface area contributed by atoms with Crippen LogP contribution in [0.2, 0.25) is 0 Å². The van der Waals surface area contributed by atoms with Gasteiger partial charge in [-0.05, 0) is 79.7 Å². The van der Waals surface area contributed by atoms with Gasteiger partial charge in [-0.1, -0.05) is 31.2 Å². The molecule has 2 aromatic carbocycles. The maximum absolute atomic E-state index is 15.6. The lowest BCUT2D eigenvalue weighted by Gasteiger charge is -2.37. The number of hydrogen-bond acceptors (Lipinski definition) is 10. The molecule has 62 heavy (non-hydrogen) atoms. The highest BCUT2D eigenvalue weighted by molar-refractivity contribution is 7.90. The first-order valence-electron chi connectivity index (χ1n) is 20.7. The Morgan fingerprint density at radius 3 is 2.27 bits per heavy atom. The van der Waals surface area contributed by atoms with Crippen LogP contribution in [-0.2, 0) is 24.6 Å². The number of anilines is 2. The predicted octanol–water partition coefficient (Wildman–Crippen LogP) is 4.79. The van der Waals surface area contributed by atoms with E-state index in [2.05, 4.69) is 46.9 Å². The number of hydrogen-bond donors (Lipinski definition) is 3. The van der Waals surface area contributed by atoms with Crippen molar-refractivity contribution in [3.8, 4) is 11.1 Å². The van der Waals surface area contributed by atoms with Crippen molar-refractivity contribution in [1.29, 1.82) is 0 Å². The van der Waals surface area contributed by atoms with Crippen LogP contribution in [-0.4, -0.2) is 120 Å². The molecule has 15 nitrogen and oxygen atoms in total. The topological polar surface area (TPSA) is 181 Å². The Balaban J connectivity index is 0.846. The molecule has 3 saturated heterocycles. The molecule has 5 aromatic rings. The minimum absolute atomic E-state index is 0.0463. The van der Waals surface area contributed by atoms with Gasteiger partial charge in [-0.3, -0.25) is 34.1 Å². The van der Waals surface area contributed by atoms with Gasteiger partial charge >= 0.3 is 10.2 Å². The van der Waals surface area contributed by atoms with Crippen molar-refractivity contribution < 1.29 is 36.4 Å². The Hall–Kier alpha value is -6.11. The smallest absolute Gasteiger partial charge is 0.301 e. The fraction of sp³-hybridized carbons (Fsp3) is 0.364. The van der Waals surface area contributed by atoms with Crippen molar-refractivity contribution in [2.45, 2.75) is 44.4 Å². The maximum atomic E-state index is 15.6. The number of carbonyl (C=O) groups excluding carboxylic acids is 4. The van der Waals surface area contributed by atoms with E-state index in [0.717, 1.165) is 53.8 Å². The van der Waals surface area contributed by atoms with Crippen molar-refractivity contribution in [3.05, 3.63) is 107 Å². The number of benzene rings is 2. The number of likely N-dealkylation sites (tertiary alicyclic amines) is 1. The van der Waals surface area contributed by atoms with Crippen molar-refractivity contribution in [3.63, 3.8) is 0 Å². The van der Waals surface area contributed by atoms with Gasteiger partial charge in [0, 0.05) is 86.9 Å². The molecule has 8 rings (SSSR count). The molecule has 3 amide bonds. The Morgan fingerprint density at radius 1 is 0.887 bits per heavy atom. The molecule has 3 fully saturated rings. The summed E-state index contributed by atoms with van der Waals surface area (Å²) in [5, 5.41) is 2.75. The van der Waals surface area contributed by atoms with E-state index in [1.165, 1.54) is 18.8 Å². The number of aromatic amines is 1. The number of pyridine rings is 2. The second-order valence-electron chi connectivity index (χ2n) is 16.0. The van der Waals surface area contributed by atoms with Crippen LogP contribution >= 0.6 is 0 Å². The predicted molar refractivity (Wildman–Crippen MR) is 229 cm³/mol. The van der Waals surface area contributed by atoms with Crippen molar-refractivity contribution in [2.24, 2.45) is 0 Å². The van der Waals surface area contributed by atoms with Crippen LogP contribution in [0, 0.1) is 11.6 Å². The fourth-order valence-corrected chi connectivity index (χ4v) is 9.30. The third kappa shape index (κ3) is 8.80. The van der Waals surface area contributed by atoms with Gasteiger partial charge in [0.05, 0.1) is 23.7 Å². The van der Waals surface area contributed by atoms with Crippen LogP contribution in [0.4, 0.5) is 20.3 Å². The van der Waals surface area contributed by atoms with Gasteiger partial charge in [-0.25, -0.2) is 18.7 Å². The van der Waals surface area contributed by atoms with E-state index >= 15 is 8.78 Å². The highest BCUT2D eigenvalue weighted by Gasteiger charge is 2.31. The summed E-state index contributed by atoms with van der Waals surface area (Å²) in [5.41, 5.74) is 2.26. The first-order valence-corrected chi connectivity index (χ1v) is 22.1. The zero-order chi connectivity index (χ0) is 43.7. The number of imide groups is 1. The van der Waals surface area contributed by atoms with E-state index in [-0.39, 0.29) is 35.7 Å². The summed E-state index contributed by atoms with van der Waals surface area (Å²) in [7, 11) is -2.85.